The maximum absolute atomic E-state index is 2.46. The van der Waals surface area contributed by atoms with Crippen molar-refractivity contribution in [3.05, 3.63) is 182 Å². The highest BCUT2D eigenvalue weighted by Gasteiger charge is 2.35. The molecule has 2 nitrogen and oxygen atoms in total. The number of hydrogen-bond donors (Lipinski definition) is 0. The highest BCUT2D eigenvalue weighted by Crippen LogP contribution is 2.75. The number of aromatic nitrogens is 2. The summed E-state index contributed by atoms with van der Waals surface area (Å²) in [5.74, 6) is 0. The lowest BCUT2D eigenvalue weighted by Crippen LogP contribution is -2.06. The molecule has 7 aromatic carbocycles. The van der Waals surface area contributed by atoms with Crippen LogP contribution in [0.1, 0.15) is 0 Å². The van der Waals surface area contributed by atoms with Gasteiger partial charge in [0.1, 0.15) is 5.65 Å². The number of benzene rings is 7. The molecule has 0 N–H and O–H groups in total. The van der Waals surface area contributed by atoms with Crippen molar-refractivity contribution in [2.24, 2.45) is 0 Å². The van der Waals surface area contributed by atoms with E-state index in [0.29, 0.717) is 0 Å². The lowest BCUT2D eigenvalue weighted by Gasteiger charge is -2.42. The highest BCUT2D eigenvalue weighted by atomic mass is 32.3. The number of para-hydroxylation sites is 3. The van der Waals surface area contributed by atoms with Gasteiger partial charge in [-0.05, 0) is 78.9 Å². The van der Waals surface area contributed by atoms with E-state index >= 15 is 0 Å². The molecule has 0 spiro atoms. The molecule has 0 saturated carbocycles. The minimum absolute atomic E-state index is 1.16. The third-order valence-electron chi connectivity index (χ3n) is 9.60. The fourth-order valence-electron chi connectivity index (χ4n) is 7.61. The van der Waals surface area contributed by atoms with Gasteiger partial charge in [-0.1, -0.05) is 103 Å². The van der Waals surface area contributed by atoms with Crippen LogP contribution in [0.25, 0.3) is 53.4 Å². The lowest BCUT2D eigenvalue weighted by molar-refractivity contribution is 1.13. The first-order valence-electron chi connectivity index (χ1n) is 16.3. The average Bonchev–Trinajstić information content (AvgIpc) is 3.82. The van der Waals surface area contributed by atoms with E-state index < -0.39 is 10.0 Å². The maximum Gasteiger partial charge on any atom is 0.123 e. The molecule has 10 aromatic rings. The van der Waals surface area contributed by atoms with Crippen LogP contribution in [0.2, 0.25) is 0 Å². The second-order valence-electron chi connectivity index (χ2n) is 12.2. The van der Waals surface area contributed by atoms with E-state index in [2.05, 4.69) is 191 Å². The summed E-state index contributed by atoms with van der Waals surface area (Å²) in [6, 6.07) is 67.4. The van der Waals surface area contributed by atoms with Crippen LogP contribution in [0.4, 0.5) is 0 Å². The molecule has 0 saturated heterocycles. The van der Waals surface area contributed by atoms with Gasteiger partial charge in [0.2, 0.25) is 0 Å². The first-order valence-corrected chi connectivity index (χ1v) is 18.7. The van der Waals surface area contributed by atoms with E-state index in [1.54, 1.807) is 0 Å². The van der Waals surface area contributed by atoms with Gasteiger partial charge >= 0.3 is 0 Å². The Bertz CT molecular complexity index is 2750. The van der Waals surface area contributed by atoms with Crippen LogP contribution < -0.4 is 0 Å². The van der Waals surface area contributed by atoms with E-state index in [4.69, 9.17) is 0 Å². The van der Waals surface area contributed by atoms with E-state index in [1.165, 1.54) is 67.3 Å². The van der Waals surface area contributed by atoms with Gasteiger partial charge in [-0.2, -0.15) is 0 Å². The van der Waals surface area contributed by atoms with Crippen molar-refractivity contribution in [1.82, 2.24) is 8.97 Å². The summed E-state index contributed by atoms with van der Waals surface area (Å²) >= 11 is 1.92. The van der Waals surface area contributed by atoms with E-state index in [0.717, 1.165) is 5.69 Å². The van der Waals surface area contributed by atoms with Crippen LogP contribution in [0.3, 0.4) is 0 Å². The Balaban J connectivity index is 1.34. The zero-order valence-corrected chi connectivity index (χ0v) is 27.7. The van der Waals surface area contributed by atoms with Gasteiger partial charge in [0, 0.05) is 50.8 Å². The Labute approximate surface area is 284 Å². The summed E-state index contributed by atoms with van der Waals surface area (Å²) in [5, 5.41) is 3.89. The zero-order chi connectivity index (χ0) is 31.7. The van der Waals surface area contributed by atoms with Gasteiger partial charge in [0.15, 0.2) is 0 Å². The second-order valence-corrected chi connectivity index (χ2v) is 16.3. The molecule has 0 radical (unpaired) electrons. The SMILES string of the molecule is c1ccc(S(c2ccccc2)(c2cccc(-n3c4ccccc4n4c5ccccc5cc34)c2)c2cccc3c2sc2ccccc23)cc1. The molecule has 0 unspecified atom stereocenters. The predicted octanol–water partition coefficient (Wildman–Crippen LogP) is 12.7. The Morgan fingerprint density at radius 1 is 0.438 bits per heavy atom. The normalized spacial score (nSPS) is 12.5. The third-order valence-corrected chi connectivity index (χ3v) is 14.9. The molecule has 0 atom stereocenters. The summed E-state index contributed by atoms with van der Waals surface area (Å²) in [5.41, 5.74) is 5.96. The predicted molar refractivity (Wildman–Crippen MR) is 205 cm³/mol. The summed E-state index contributed by atoms with van der Waals surface area (Å²) in [7, 11) is -1.94. The molecule has 4 heteroatoms. The minimum atomic E-state index is -1.94. The number of nitrogens with zero attached hydrogens (tertiary/aromatic N) is 2. The van der Waals surface area contributed by atoms with Crippen molar-refractivity contribution in [3.63, 3.8) is 0 Å². The van der Waals surface area contributed by atoms with Crippen molar-refractivity contribution in [1.29, 1.82) is 0 Å². The number of hydrogen-bond acceptors (Lipinski definition) is 1. The van der Waals surface area contributed by atoms with Crippen LogP contribution in [-0.2, 0) is 0 Å². The minimum Gasteiger partial charge on any atom is -0.294 e. The third kappa shape index (κ3) is 3.88. The Kier molecular flexibility index (Phi) is 6.17. The van der Waals surface area contributed by atoms with Crippen molar-refractivity contribution >= 4 is 69.1 Å². The molecule has 48 heavy (non-hydrogen) atoms. The van der Waals surface area contributed by atoms with Crippen LogP contribution in [0.15, 0.2) is 202 Å². The number of imidazole rings is 1. The molecule has 0 aliphatic carbocycles. The molecular formula is C44H30N2S2. The average molecular weight is 651 g/mol. The second kappa shape index (κ2) is 10.7. The van der Waals surface area contributed by atoms with Gasteiger partial charge in [-0.25, -0.2) is 0 Å². The van der Waals surface area contributed by atoms with E-state index in [-0.39, 0.29) is 0 Å². The summed E-state index contributed by atoms with van der Waals surface area (Å²) in [6.07, 6.45) is 0. The van der Waals surface area contributed by atoms with Crippen LogP contribution in [-0.4, -0.2) is 8.97 Å². The first-order chi connectivity index (χ1) is 23.8. The number of rotatable bonds is 5. The van der Waals surface area contributed by atoms with E-state index in [1.807, 2.05) is 11.3 Å². The Morgan fingerprint density at radius 2 is 1.04 bits per heavy atom. The molecule has 0 aliphatic heterocycles. The van der Waals surface area contributed by atoms with Gasteiger partial charge in [-0.15, -0.1) is 21.4 Å². The van der Waals surface area contributed by atoms with Crippen LogP contribution in [0.5, 0.6) is 0 Å². The molecule has 0 bridgehead atoms. The molecule has 0 amide bonds. The van der Waals surface area contributed by atoms with E-state index in [9.17, 15) is 0 Å². The topological polar surface area (TPSA) is 9.34 Å². The standard InChI is InChI=1S/C44H30N2S2/c1-3-17-33(18-4-1)48(34-19-5-2-6-20-34,42-28-14-23-37-36-22-8-12-27-41(36)47-44(37)42)35-21-13-16-32(30-35)45-39-25-10-11-26-40(39)46-38-24-9-7-15-31(38)29-43(45)46/h1-30H. The fraction of sp³-hybridized carbons (Fsp3) is 0. The van der Waals surface area contributed by atoms with Crippen LogP contribution >= 0.6 is 21.4 Å². The fourth-order valence-corrected chi connectivity index (χ4v) is 13.2. The largest absolute Gasteiger partial charge is 0.294 e. The molecule has 0 fully saturated rings. The molecule has 3 aromatic heterocycles. The monoisotopic (exact) mass is 650 g/mol. The Hall–Kier alpha value is -5.55. The summed E-state index contributed by atoms with van der Waals surface area (Å²) in [6.45, 7) is 0. The van der Waals surface area contributed by atoms with Crippen molar-refractivity contribution in [2.75, 3.05) is 0 Å². The Morgan fingerprint density at radius 3 is 1.83 bits per heavy atom. The first kappa shape index (κ1) is 27.6. The molecule has 10 rings (SSSR count). The lowest BCUT2D eigenvalue weighted by atomic mass is 10.1. The van der Waals surface area contributed by atoms with Crippen LogP contribution in [0, 0.1) is 0 Å². The zero-order valence-electron chi connectivity index (χ0n) is 26.0. The summed E-state index contributed by atoms with van der Waals surface area (Å²) in [4.78, 5) is 5.35. The van der Waals surface area contributed by atoms with Gasteiger partial charge in [0.25, 0.3) is 0 Å². The van der Waals surface area contributed by atoms with Gasteiger partial charge in [0.05, 0.1) is 16.6 Å². The summed E-state index contributed by atoms with van der Waals surface area (Å²) < 4.78 is 7.53. The van der Waals surface area contributed by atoms with Crippen molar-refractivity contribution in [2.45, 2.75) is 19.6 Å². The molecule has 3 heterocycles. The maximum atomic E-state index is 2.46. The molecule has 228 valence electrons. The quantitative estimate of drug-likeness (QED) is 0.175. The van der Waals surface area contributed by atoms with Gasteiger partial charge in [-0.3, -0.25) is 8.97 Å². The highest BCUT2D eigenvalue weighted by molar-refractivity contribution is 8.34. The van der Waals surface area contributed by atoms with Crippen molar-refractivity contribution in [3.8, 4) is 5.69 Å². The number of fused-ring (bicyclic) bond motifs is 8. The molecular weight excluding hydrogens is 621 g/mol. The van der Waals surface area contributed by atoms with Crippen molar-refractivity contribution < 1.29 is 0 Å². The molecule has 0 aliphatic rings. The number of thiophene rings is 1. The van der Waals surface area contributed by atoms with Gasteiger partial charge < -0.3 is 0 Å². The smallest absolute Gasteiger partial charge is 0.123 e.